The molecule has 1 fully saturated rings. The first-order valence-electron chi connectivity index (χ1n) is 8.95. The molecule has 2 unspecified atom stereocenters. The van der Waals surface area contributed by atoms with Crippen LogP contribution in [0.25, 0.3) is 0 Å². The standard InChI is InChI=1S/C21H24BrNO/c1-15(16-8-10-17(22)11-9-16)23-19-14-21(12-4-5-13-21)24-20-7-3-2-6-18(19)20/h2-3,6-11,15,19,23H,4-5,12-14H2,1H3. The first kappa shape index (κ1) is 16.2. The molecule has 1 aliphatic carbocycles. The maximum atomic E-state index is 6.47. The third-order valence-corrected chi connectivity index (χ3v) is 6.06. The van der Waals surface area contributed by atoms with Crippen molar-refractivity contribution in [2.24, 2.45) is 0 Å². The molecule has 1 spiro atoms. The number of hydrogen-bond donors (Lipinski definition) is 1. The molecule has 2 aromatic carbocycles. The minimum absolute atomic E-state index is 0.0471. The summed E-state index contributed by atoms with van der Waals surface area (Å²) >= 11 is 3.52. The van der Waals surface area contributed by atoms with Gasteiger partial charge in [-0.05, 0) is 56.4 Å². The van der Waals surface area contributed by atoms with Crippen LogP contribution in [0.5, 0.6) is 5.75 Å². The van der Waals surface area contributed by atoms with Crippen molar-refractivity contribution in [1.82, 2.24) is 5.32 Å². The zero-order chi connectivity index (χ0) is 16.6. The molecule has 2 atom stereocenters. The van der Waals surface area contributed by atoms with Gasteiger partial charge in [-0.15, -0.1) is 0 Å². The molecule has 0 amide bonds. The second-order valence-electron chi connectivity index (χ2n) is 7.23. The maximum absolute atomic E-state index is 6.47. The van der Waals surface area contributed by atoms with Crippen LogP contribution in [0.15, 0.2) is 53.0 Å². The Bertz CT molecular complexity index is 706. The molecular weight excluding hydrogens is 362 g/mol. The second kappa shape index (κ2) is 6.53. The highest BCUT2D eigenvalue weighted by Gasteiger charge is 2.43. The Balaban J connectivity index is 1.60. The molecule has 0 radical (unpaired) electrons. The van der Waals surface area contributed by atoms with Crippen LogP contribution >= 0.6 is 15.9 Å². The lowest BCUT2D eigenvalue weighted by atomic mass is 9.85. The largest absolute Gasteiger partial charge is 0.487 e. The lowest BCUT2D eigenvalue weighted by molar-refractivity contribution is 0.0351. The predicted molar refractivity (Wildman–Crippen MR) is 101 cm³/mol. The number of fused-ring (bicyclic) bond motifs is 1. The van der Waals surface area contributed by atoms with Gasteiger partial charge in [0, 0.05) is 28.5 Å². The van der Waals surface area contributed by atoms with Gasteiger partial charge in [0.2, 0.25) is 0 Å². The van der Waals surface area contributed by atoms with E-state index in [0.717, 1.165) is 16.6 Å². The Kier molecular flexibility index (Phi) is 4.40. The van der Waals surface area contributed by atoms with E-state index in [2.05, 4.69) is 76.7 Å². The van der Waals surface area contributed by atoms with Crippen molar-refractivity contribution in [3.63, 3.8) is 0 Å². The van der Waals surface area contributed by atoms with E-state index in [1.165, 1.54) is 36.8 Å². The fourth-order valence-electron chi connectivity index (χ4n) is 4.24. The van der Waals surface area contributed by atoms with E-state index in [9.17, 15) is 0 Å². The summed E-state index contributed by atoms with van der Waals surface area (Å²) in [4.78, 5) is 0. The first-order chi connectivity index (χ1) is 11.7. The first-order valence-corrected chi connectivity index (χ1v) is 9.74. The number of ether oxygens (including phenoxy) is 1. The van der Waals surface area contributed by atoms with Crippen molar-refractivity contribution in [1.29, 1.82) is 0 Å². The van der Waals surface area contributed by atoms with Crippen LogP contribution in [0.1, 0.15) is 62.2 Å². The van der Waals surface area contributed by atoms with Crippen molar-refractivity contribution in [3.05, 3.63) is 64.1 Å². The van der Waals surface area contributed by atoms with E-state index in [1.807, 2.05) is 0 Å². The number of benzene rings is 2. The molecule has 4 rings (SSSR count). The van der Waals surface area contributed by atoms with Gasteiger partial charge in [-0.3, -0.25) is 0 Å². The van der Waals surface area contributed by atoms with Gasteiger partial charge < -0.3 is 10.1 Å². The molecule has 1 aliphatic heterocycles. The molecule has 3 heteroatoms. The van der Waals surface area contributed by atoms with Crippen molar-refractivity contribution in [2.75, 3.05) is 0 Å². The average Bonchev–Trinajstić information content (AvgIpc) is 3.03. The van der Waals surface area contributed by atoms with Gasteiger partial charge in [-0.2, -0.15) is 0 Å². The fraction of sp³-hybridized carbons (Fsp3) is 0.429. The van der Waals surface area contributed by atoms with Crippen molar-refractivity contribution >= 4 is 15.9 Å². The van der Waals surface area contributed by atoms with E-state index in [0.29, 0.717) is 12.1 Å². The lowest BCUT2D eigenvalue weighted by Crippen LogP contribution is -2.42. The monoisotopic (exact) mass is 385 g/mol. The van der Waals surface area contributed by atoms with E-state index in [4.69, 9.17) is 4.74 Å². The second-order valence-corrected chi connectivity index (χ2v) is 8.14. The summed E-state index contributed by atoms with van der Waals surface area (Å²) in [6, 6.07) is 17.8. The van der Waals surface area contributed by atoms with E-state index < -0.39 is 0 Å². The van der Waals surface area contributed by atoms with Gasteiger partial charge in [-0.1, -0.05) is 46.3 Å². The Morgan fingerprint density at radius 3 is 2.54 bits per heavy atom. The summed E-state index contributed by atoms with van der Waals surface area (Å²) in [6.07, 6.45) is 6.03. The van der Waals surface area contributed by atoms with Gasteiger partial charge in [0.05, 0.1) is 0 Å². The number of nitrogens with one attached hydrogen (secondary N) is 1. The van der Waals surface area contributed by atoms with Gasteiger partial charge in [0.1, 0.15) is 11.4 Å². The summed E-state index contributed by atoms with van der Waals surface area (Å²) in [5.74, 6) is 1.08. The average molecular weight is 386 g/mol. The van der Waals surface area contributed by atoms with Crippen LogP contribution in [-0.4, -0.2) is 5.60 Å². The highest BCUT2D eigenvalue weighted by molar-refractivity contribution is 9.10. The van der Waals surface area contributed by atoms with Crippen LogP contribution in [0.2, 0.25) is 0 Å². The van der Waals surface area contributed by atoms with Gasteiger partial charge in [0.15, 0.2) is 0 Å². The van der Waals surface area contributed by atoms with Crippen molar-refractivity contribution < 1.29 is 4.74 Å². The van der Waals surface area contributed by atoms with E-state index in [1.54, 1.807) is 0 Å². The molecule has 0 bridgehead atoms. The molecular formula is C21H24BrNO. The van der Waals surface area contributed by atoms with Crippen molar-refractivity contribution in [2.45, 2.75) is 56.7 Å². The van der Waals surface area contributed by atoms with Gasteiger partial charge in [0.25, 0.3) is 0 Å². The highest BCUT2D eigenvalue weighted by Crippen LogP contribution is 2.47. The quantitative estimate of drug-likeness (QED) is 0.705. The van der Waals surface area contributed by atoms with Crippen molar-refractivity contribution in [3.8, 4) is 5.75 Å². The van der Waals surface area contributed by atoms with Crippen LogP contribution in [0.3, 0.4) is 0 Å². The normalized spacial score (nSPS) is 22.8. The molecule has 0 aromatic heterocycles. The molecule has 0 saturated heterocycles. The molecule has 1 saturated carbocycles. The van der Waals surface area contributed by atoms with Gasteiger partial charge in [-0.25, -0.2) is 0 Å². The predicted octanol–water partition coefficient (Wildman–Crippen LogP) is 5.94. The SMILES string of the molecule is CC(NC1CC2(CCCC2)Oc2ccccc21)c1ccc(Br)cc1. The third kappa shape index (κ3) is 3.12. The van der Waals surface area contributed by atoms with E-state index in [-0.39, 0.29) is 5.60 Å². The van der Waals surface area contributed by atoms with Gasteiger partial charge >= 0.3 is 0 Å². The minimum Gasteiger partial charge on any atom is -0.487 e. The smallest absolute Gasteiger partial charge is 0.124 e. The number of hydrogen-bond acceptors (Lipinski definition) is 2. The Morgan fingerprint density at radius 1 is 1.08 bits per heavy atom. The number of para-hydroxylation sites is 1. The molecule has 2 aliphatic rings. The minimum atomic E-state index is 0.0471. The number of rotatable bonds is 3. The summed E-state index contributed by atoms with van der Waals surface area (Å²) in [5, 5.41) is 3.87. The van der Waals surface area contributed by atoms with E-state index >= 15 is 0 Å². The Morgan fingerprint density at radius 2 is 1.79 bits per heavy atom. The maximum Gasteiger partial charge on any atom is 0.124 e. The zero-order valence-electron chi connectivity index (χ0n) is 14.1. The lowest BCUT2D eigenvalue weighted by Gasteiger charge is -2.41. The third-order valence-electron chi connectivity index (χ3n) is 5.53. The summed E-state index contributed by atoms with van der Waals surface area (Å²) in [5.41, 5.74) is 2.67. The molecule has 1 N–H and O–H groups in total. The topological polar surface area (TPSA) is 21.3 Å². The van der Waals surface area contributed by atoms with Crippen LogP contribution in [-0.2, 0) is 0 Å². The summed E-state index contributed by atoms with van der Waals surface area (Å²) < 4.78 is 7.59. The zero-order valence-corrected chi connectivity index (χ0v) is 15.7. The molecule has 2 nitrogen and oxygen atoms in total. The Labute approximate surface area is 152 Å². The van der Waals surface area contributed by atoms with Crippen LogP contribution < -0.4 is 10.1 Å². The molecule has 2 aromatic rings. The highest BCUT2D eigenvalue weighted by atomic mass is 79.9. The summed E-state index contributed by atoms with van der Waals surface area (Å²) in [6.45, 7) is 2.25. The number of halogens is 1. The Hall–Kier alpha value is -1.32. The molecule has 1 heterocycles. The van der Waals surface area contributed by atoms with Crippen LogP contribution in [0, 0.1) is 0 Å². The van der Waals surface area contributed by atoms with Crippen LogP contribution in [0.4, 0.5) is 0 Å². The summed E-state index contributed by atoms with van der Waals surface area (Å²) in [7, 11) is 0. The fourth-order valence-corrected chi connectivity index (χ4v) is 4.51. The molecule has 24 heavy (non-hydrogen) atoms. The molecule has 126 valence electrons.